The quantitative estimate of drug-likeness (QED) is 0.460. The highest BCUT2D eigenvalue weighted by atomic mass is 19.1. The molecule has 1 amide bonds. The maximum Gasteiger partial charge on any atom is 0.225 e. The van der Waals surface area contributed by atoms with Gasteiger partial charge in [0.05, 0.1) is 0 Å². The van der Waals surface area contributed by atoms with E-state index in [0.29, 0.717) is 13.0 Å². The summed E-state index contributed by atoms with van der Waals surface area (Å²) in [5.74, 6) is -0.601. The van der Waals surface area contributed by atoms with E-state index in [4.69, 9.17) is 5.53 Å². The van der Waals surface area contributed by atoms with Gasteiger partial charge in [0.25, 0.3) is 0 Å². The van der Waals surface area contributed by atoms with Crippen molar-refractivity contribution in [3.8, 4) is 0 Å². The second-order valence-corrected chi connectivity index (χ2v) is 3.12. The fourth-order valence-corrected chi connectivity index (χ4v) is 1.15. The normalized spacial score (nSPS) is 9.31. The van der Waals surface area contributed by atoms with E-state index < -0.39 is 0 Å². The SMILES string of the molecule is [N-]=[N+]=NCC(=O)NCCc1ccc(F)cc1. The van der Waals surface area contributed by atoms with Crippen LogP contribution < -0.4 is 5.32 Å². The molecule has 0 atom stereocenters. The van der Waals surface area contributed by atoms with Crippen LogP contribution in [0, 0.1) is 5.82 Å². The lowest BCUT2D eigenvalue weighted by Gasteiger charge is -2.03. The molecule has 5 nitrogen and oxygen atoms in total. The summed E-state index contributed by atoms with van der Waals surface area (Å²) in [5.41, 5.74) is 8.92. The Hall–Kier alpha value is -2.07. The Balaban J connectivity index is 2.27. The summed E-state index contributed by atoms with van der Waals surface area (Å²) >= 11 is 0. The molecule has 0 aliphatic carbocycles. The predicted octanol–water partition coefficient (Wildman–Crippen LogP) is 1.79. The van der Waals surface area contributed by atoms with Crippen LogP contribution in [0.1, 0.15) is 5.56 Å². The Kier molecular flexibility index (Phi) is 4.82. The molecular weight excluding hydrogens is 211 g/mol. The first-order valence-corrected chi connectivity index (χ1v) is 4.74. The smallest absolute Gasteiger partial charge is 0.225 e. The number of hydrogen-bond donors (Lipinski definition) is 1. The minimum atomic E-state index is -0.320. The number of halogens is 1. The molecule has 0 heterocycles. The van der Waals surface area contributed by atoms with Gasteiger partial charge in [-0.1, -0.05) is 17.2 Å². The summed E-state index contributed by atoms with van der Waals surface area (Å²) in [6, 6.07) is 6.07. The van der Waals surface area contributed by atoms with Crippen molar-refractivity contribution in [3.05, 3.63) is 46.1 Å². The van der Waals surface area contributed by atoms with Gasteiger partial charge < -0.3 is 5.32 Å². The van der Waals surface area contributed by atoms with Crippen molar-refractivity contribution in [3.63, 3.8) is 0 Å². The Bertz CT molecular complexity index is 398. The number of nitrogens with zero attached hydrogens (tertiary/aromatic N) is 3. The third kappa shape index (κ3) is 4.43. The van der Waals surface area contributed by atoms with Gasteiger partial charge in [0.2, 0.25) is 5.91 Å². The van der Waals surface area contributed by atoms with Crippen LogP contribution in [-0.2, 0) is 11.2 Å². The largest absolute Gasteiger partial charge is 0.356 e. The summed E-state index contributed by atoms with van der Waals surface area (Å²) < 4.78 is 12.6. The molecule has 0 unspecified atom stereocenters. The van der Waals surface area contributed by atoms with Gasteiger partial charge >= 0.3 is 0 Å². The first-order valence-electron chi connectivity index (χ1n) is 4.74. The number of rotatable bonds is 5. The average Bonchev–Trinajstić information content (AvgIpc) is 2.29. The Morgan fingerprint density at radius 3 is 2.75 bits per heavy atom. The average molecular weight is 222 g/mol. The van der Waals surface area contributed by atoms with Crippen LogP contribution in [0.15, 0.2) is 29.4 Å². The molecule has 1 aromatic rings. The number of azide groups is 1. The van der Waals surface area contributed by atoms with E-state index in [9.17, 15) is 9.18 Å². The minimum absolute atomic E-state index is 0.195. The number of hydrogen-bond acceptors (Lipinski definition) is 2. The summed E-state index contributed by atoms with van der Waals surface area (Å²) in [7, 11) is 0. The van der Waals surface area contributed by atoms with Crippen molar-refractivity contribution in [2.75, 3.05) is 13.1 Å². The topological polar surface area (TPSA) is 77.9 Å². The molecule has 0 radical (unpaired) electrons. The Morgan fingerprint density at radius 2 is 2.12 bits per heavy atom. The minimum Gasteiger partial charge on any atom is -0.356 e. The van der Waals surface area contributed by atoms with Crippen molar-refractivity contribution in [2.24, 2.45) is 5.11 Å². The highest BCUT2D eigenvalue weighted by molar-refractivity contribution is 5.78. The zero-order valence-corrected chi connectivity index (χ0v) is 8.56. The zero-order chi connectivity index (χ0) is 11.8. The highest BCUT2D eigenvalue weighted by Crippen LogP contribution is 2.02. The number of carbonyl (C=O) groups excluding carboxylic acids is 1. The summed E-state index contributed by atoms with van der Waals surface area (Å²) in [5, 5.41) is 5.71. The third-order valence-corrected chi connectivity index (χ3v) is 1.93. The lowest BCUT2D eigenvalue weighted by Crippen LogP contribution is -2.27. The molecule has 6 heteroatoms. The van der Waals surface area contributed by atoms with Gasteiger partial charge in [0, 0.05) is 11.5 Å². The van der Waals surface area contributed by atoms with E-state index in [1.165, 1.54) is 12.1 Å². The predicted molar refractivity (Wildman–Crippen MR) is 57.1 cm³/mol. The van der Waals surface area contributed by atoms with Crippen LogP contribution in [0.3, 0.4) is 0 Å². The molecule has 0 fully saturated rings. The van der Waals surface area contributed by atoms with E-state index in [1.807, 2.05) is 0 Å². The van der Waals surface area contributed by atoms with Crippen molar-refractivity contribution >= 4 is 5.91 Å². The van der Waals surface area contributed by atoms with Crippen molar-refractivity contribution < 1.29 is 9.18 Å². The number of carbonyl (C=O) groups is 1. The van der Waals surface area contributed by atoms with E-state index in [2.05, 4.69) is 15.3 Å². The van der Waals surface area contributed by atoms with Gasteiger partial charge in [0.15, 0.2) is 0 Å². The molecule has 0 saturated heterocycles. The van der Waals surface area contributed by atoms with Crippen molar-refractivity contribution in [1.82, 2.24) is 5.32 Å². The van der Waals surface area contributed by atoms with Gasteiger partial charge in [-0.15, -0.1) is 0 Å². The van der Waals surface area contributed by atoms with Gasteiger partial charge in [0.1, 0.15) is 12.4 Å². The molecule has 1 rings (SSSR count). The van der Waals surface area contributed by atoms with Gasteiger partial charge in [-0.05, 0) is 29.6 Å². The second kappa shape index (κ2) is 6.42. The fourth-order valence-electron chi connectivity index (χ4n) is 1.15. The van der Waals surface area contributed by atoms with E-state index in [-0.39, 0.29) is 18.3 Å². The Labute approximate surface area is 91.9 Å². The molecule has 0 spiro atoms. The highest BCUT2D eigenvalue weighted by Gasteiger charge is 1.98. The van der Waals surface area contributed by atoms with Crippen LogP contribution in [0.2, 0.25) is 0 Å². The molecule has 16 heavy (non-hydrogen) atoms. The summed E-state index contributed by atoms with van der Waals surface area (Å²) in [4.78, 5) is 13.5. The van der Waals surface area contributed by atoms with Gasteiger partial charge in [-0.3, -0.25) is 4.79 Å². The van der Waals surface area contributed by atoms with Crippen LogP contribution >= 0.6 is 0 Å². The van der Waals surface area contributed by atoms with Crippen molar-refractivity contribution in [2.45, 2.75) is 6.42 Å². The van der Waals surface area contributed by atoms with Gasteiger partial charge in [-0.2, -0.15) is 0 Å². The molecule has 0 saturated carbocycles. The standard InChI is InChI=1S/C10H11FN4O/c11-9-3-1-8(2-4-9)5-6-13-10(16)7-14-15-12/h1-4H,5-7H2,(H,13,16). The molecule has 0 aliphatic rings. The molecule has 0 bridgehead atoms. The molecule has 84 valence electrons. The summed E-state index contributed by atoms with van der Waals surface area (Å²) in [6.45, 7) is 0.241. The second-order valence-electron chi connectivity index (χ2n) is 3.12. The molecule has 0 aliphatic heterocycles. The van der Waals surface area contributed by atoms with Crippen LogP contribution in [-0.4, -0.2) is 19.0 Å². The zero-order valence-electron chi connectivity index (χ0n) is 8.56. The van der Waals surface area contributed by atoms with Crippen molar-refractivity contribution in [1.29, 1.82) is 0 Å². The van der Waals surface area contributed by atoms with Crippen LogP contribution in [0.4, 0.5) is 4.39 Å². The first kappa shape index (κ1) is 12.0. The molecule has 1 N–H and O–H groups in total. The maximum atomic E-state index is 12.6. The van der Waals surface area contributed by atoms with E-state index in [0.717, 1.165) is 5.56 Å². The van der Waals surface area contributed by atoms with E-state index in [1.54, 1.807) is 12.1 Å². The monoisotopic (exact) mass is 222 g/mol. The number of nitrogens with one attached hydrogen (secondary N) is 1. The van der Waals surface area contributed by atoms with Crippen LogP contribution in [0.25, 0.3) is 10.4 Å². The molecular formula is C10H11FN4O. The lowest BCUT2D eigenvalue weighted by atomic mass is 10.1. The third-order valence-electron chi connectivity index (χ3n) is 1.93. The summed E-state index contributed by atoms with van der Waals surface area (Å²) in [6.07, 6.45) is 0.613. The molecule has 1 aromatic carbocycles. The first-order chi connectivity index (χ1) is 7.72. The number of amides is 1. The fraction of sp³-hybridized carbons (Fsp3) is 0.300. The number of benzene rings is 1. The molecule has 0 aromatic heterocycles. The van der Waals surface area contributed by atoms with Crippen LogP contribution in [0.5, 0.6) is 0 Å². The lowest BCUT2D eigenvalue weighted by molar-refractivity contribution is -0.119. The van der Waals surface area contributed by atoms with Gasteiger partial charge in [-0.25, -0.2) is 4.39 Å². The Morgan fingerprint density at radius 1 is 1.44 bits per heavy atom. The van der Waals surface area contributed by atoms with E-state index >= 15 is 0 Å². The maximum absolute atomic E-state index is 12.6.